The monoisotopic (exact) mass is 458 g/mol. The summed E-state index contributed by atoms with van der Waals surface area (Å²) in [6, 6.07) is 2.04. The number of hydrogen-bond donors (Lipinski definition) is 3. The van der Waals surface area contributed by atoms with Crippen LogP contribution in [-0.4, -0.2) is 65.1 Å². The van der Waals surface area contributed by atoms with E-state index in [-0.39, 0.29) is 18.7 Å². The third kappa shape index (κ3) is 5.55. The van der Waals surface area contributed by atoms with Gasteiger partial charge in [-0.15, -0.1) is 11.3 Å². The van der Waals surface area contributed by atoms with E-state index in [1.165, 1.54) is 11.3 Å². The molecule has 0 radical (unpaired) electrons. The van der Waals surface area contributed by atoms with Crippen LogP contribution in [0, 0.1) is 5.92 Å². The number of amides is 2. The lowest BCUT2D eigenvalue weighted by Gasteiger charge is -2.23. The third-order valence-electron chi connectivity index (χ3n) is 4.86. The summed E-state index contributed by atoms with van der Waals surface area (Å²) in [7, 11) is 1.84. The molecule has 1 aromatic rings. The van der Waals surface area contributed by atoms with E-state index in [1.54, 1.807) is 25.1 Å². The highest BCUT2D eigenvalue weighted by molar-refractivity contribution is 7.18. The smallest absolute Gasteiger partial charge is 0.326 e. The average molecular weight is 458 g/mol. The van der Waals surface area contributed by atoms with Gasteiger partial charge in [-0.05, 0) is 37.1 Å². The first kappa shape index (κ1) is 23.1. The van der Waals surface area contributed by atoms with E-state index in [1.807, 2.05) is 24.1 Å². The lowest BCUT2D eigenvalue weighted by Crippen LogP contribution is -2.40. The summed E-state index contributed by atoms with van der Waals surface area (Å²) in [5.41, 5.74) is 1.57. The minimum atomic E-state index is -1.29. The molecule has 10 nitrogen and oxygen atoms in total. The van der Waals surface area contributed by atoms with Crippen molar-refractivity contribution in [3.63, 3.8) is 0 Å². The fraction of sp³-hybridized carbons (Fsp3) is 0.333. The summed E-state index contributed by atoms with van der Waals surface area (Å²) in [5.74, 6) is -3.29. The summed E-state index contributed by atoms with van der Waals surface area (Å²) >= 11 is 1.18. The number of carboxylic acids is 2. The average Bonchev–Trinajstić information content (AvgIpc) is 3.21. The largest absolute Gasteiger partial charge is 0.481 e. The van der Waals surface area contributed by atoms with Crippen LogP contribution < -0.4 is 10.2 Å². The molecule has 1 aliphatic carbocycles. The summed E-state index contributed by atoms with van der Waals surface area (Å²) in [6.45, 7) is 2.16. The van der Waals surface area contributed by atoms with Crippen molar-refractivity contribution in [1.82, 2.24) is 5.32 Å². The highest BCUT2D eigenvalue weighted by atomic mass is 32.1. The standard InChI is InChI=1S/C21H22N4O6S/c1-11-22-14-4-3-12(9-13(14)19(28)23-11)10-25(2)17-7-6-16(32-17)20(29)24-15(21(30)31)5-8-18(26)27/h3-4,6-7,9,13,15H,5,8,10H2,1-2H3,(H,24,29)(H,26,27)(H,30,31). The number of nitrogens with one attached hydrogen (secondary N) is 1. The quantitative estimate of drug-likeness (QED) is 0.510. The summed E-state index contributed by atoms with van der Waals surface area (Å²) in [6.07, 6.45) is 4.96. The minimum absolute atomic E-state index is 0.205. The van der Waals surface area contributed by atoms with Crippen molar-refractivity contribution in [2.45, 2.75) is 25.8 Å². The number of rotatable bonds is 9. The molecule has 2 amide bonds. The molecule has 2 aliphatic rings. The van der Waals surface area contributed by atoms with Crippen LogP contribution in [0.5, 0.6) is 0 Å². The molecule has 0 fully saturated rings. The van der Waals surface area contributed by atoms with Gasteiger partial charge in [0.1, 0.15) is 17.8 Å². The number of nitrogens with zero attached hydrogens (tertiary/aromatic N) is 3. The molecule has 32 heavy (non-hydrogen) atoms. The second-order valence-corrected chi connectivity index (χ2v) is 8.44. The molecular weight excluding hydrogens is 436 g/mol. The van der Waals surface area contributed by atoms with Crippen molar-refractivity contribution in [2.24, 2.45) is 15.9 Å². The summed E-state index contributed by atoms with van der Waals surface area (Å²) in [4.78, 5) is 57.0. The zero-order chi connectivity index (χ0) is 23.4. The normalized spacial score (nSPS) is 18.1. The van der Waals surface area contributed by atoms with Crippen LogP contribution in [-0.2, 0) is 14.4 Å². The Balaban J connectivity index is 1.63. The second-order valence-electron chi connectivity index (χ2n) is 7.38. The molecule has 1 aliphatic heterocycles. The van der Waals surface area contributed by atoms with Gasteiger partial charge in [0, 0.05) is 20.0 Å². The SMILES string of the molecule is CC1=NC(=O)C2C=C(CN(C)c3ccc(C(=O)NC(CCC(=O)O)C(=O)O)s3)C=CC2=N1. The number of aliphatic carboxylic acids is 2. The third-order valence-corrected chi connectivity index (χ3v) is 6.06. The Labute approximate surface area is 187 Å². The highest BCUT2D eigenvalue weighted by Crippen LogP contribution is 2.27. The van der Waals surface area contributed by atoms with E-state index in [9.17, 15) is 24.3 Å². The van der Waals surface area contributed by atoms with Gasteiger partial charge in [0.05, 0.1) is 15.6 Å². The fourth-order valence-corrected chi connectivity index (χ4v) is 4.13. The number of thiophene rings is 1. The number of carbonyl (C=O) groups is 4. The van der Waals surface area contributed by atoms with E-state index in [4.69, 9.17) is 5.11 Å². The molecule has 2 heterocycles. The van der Waals surface area contributed by atoms with Gasteiger partial charge in [-0.1, -0.05) is 12.2 Å². The van der Waals surface area contributed by atoms with Crippen molar-refractivity contribution in [1.29, 1.82) is 0 Å². The number of allylic oxidation sites excluding steroid dienone is 1. The second kappa shape index (κ2) is 9.69. The van der Waals surface area contributed by atoms with Crippen LogP contribution in [0.2, 0.25) is 0 Å². The number of anilines is 1. The molecule has 0 spiro atoms. The Kier molecular flexibility index (Phi) is 6.98. The van der Waals surface area contributed by atoms with Crippen molar-refractivity contribution < 1.29 is 29.4 Å². The molecule has 168 valence electrons. The van der Waals surface area contributed by atoms with Gasteiger partial charge >= 0.3 is 11.9 Å². The molecule has 3 rings (SSSR count). The van der Waals surface area contributed by atoms with E-state index < -0.39 is 29.8 Å². The predicted octanol–water partition coefficient (Wildman–Crippen LogP) is 1.74. The van der Waals surface area contributed by atoms with Gasteiger partial charge < -0.3 is 20.4 Å². The molecule has 3 N–H and O–H groups in total. The van der Waals surface area contributed by atoms with Gasteiger partial charge in [-0.3, -0.25) is 14.4 Å². The van der Waals surface area contributed by atoms with Crippen LogP contribution in [0.3, 0.4) is 0 Å². The van der Waals surface area contributed by atoms with Crippen molar-refractivity contribution in [2.75, 3.05) is 18.5 Å². The highest BCUT2D eigenvalue weighted by Gasteiger charge is 2.27. The number of likely N-dealkylation sites (N-methyl/N-ethyl adjacent to an activating group) is 1. The molecular formula is C21H22N4O6S. The first-order valence-corrected chi connectivity index (χ1v) is 10.6. The number of amidine groups is 1. The van der Waals surface area contributed by atoms with E-state index in [0.29, 0.717) is 23.0 Å². The molecule has 1 aromatic heterocycles. The summed E-state index contributed by atoms with van der Waals surface area (Å²) < 4.78 is 0. The fourth-order valence-electron chi connectivity index (χ4n) is 3.26. The maximum atomic E-state index is 12.4. The molecule has 2 atom stereocenters. The van der Waals surface area contributed by atoms with Crippen LogP contribution in [0.15, 0.2) is 45.9 Å². The van der Waals surface area contributed by atoms with Crippen LogP contribution in [0.4, 0.5) is 5.00 Å². The van der Waals surface area contributed by atoms with Gasteiger partial charge in [-0.25, -0.2) is 9.79 Å². The Morgan fingerprint density at radius 3 is 2.66 bits per heavy atom. The zero-order valence-corrected chi connectivity index (χ0v) is 18.3. The number of hydrogen-bond acceptors (Lipinski definition) is 7. The molecule has 0 aromatic carbocycles. The maximum absolute atomic E-state index is 12.4. The van der Waals surface area contributed by atoms with E-state index in [0.717, 1.165) is 10.6 Å². The van der Waals surface area contributed by atoms with Gasteiger partial charge in [-0.2, -0.15) is 4.99 Å². The van der Waals surface area contributed by atoms with E-state index >= 15 is 0 Å². The zero-order valence-electron chi connectivity index (χ0n) is 17.4. The Bertz CT molecular complexity index is 1080. The molecule has 0 bridgehead atoms. The van der Waals surface area contributed by atoms with Gasteiger partial charge in [0.2, 0.25) is 0 Å². The first-order chi connectivity index (χ1) is 15.1. The van der Waals surface area contributed by atoms with Crippen molar-refractivity contribution in [3.05, 3.63) is 40.8 Å². The Hall–Kier alpha value is -3.60. The minimum Gasteiger partial charge on any atom is -0.481 e. The number of carbonyl (C=O) groups excluding carboxylic acids is 2. The number of fused-ring (bicyclic) bond motifs is 1. The first-order valence-electron chi connectivity index (χ1n) is 9.77. The van der Waals surface area contributed by atoms with Crippen LogP contribution >= 0.6 is 11.3 Å². The van der Waals surface area contributed by atoms with E-state index in [2.05, 4.69) is 15.3 Å². The topological polar surface area (TPSA) is 149 Å². The lowest BCUT2D eigenvalue weighted by atomic mass is 9.92. The molecule has 2 unspecified atom stereocenters. The molecule has 0 saturated carbocycles. The number of carboxylic acid groups (broad SMARTS) is 2. The molecule has 0 saturated heterocycles. The van der Waals surface area contributed by atoms with Gasteiger partial charge in [0.15, 0.2) is 0 Å². The number of aliphatic imine (C=N–C) groups is 2. The molecule has 11 heteroatoms. The summed E-state index contributed by atoms with van der Waals surface area (Å²) in [5, 5.41) is 21.1. The van der Waals surface area contributed by atoms with Crippen LogP contribution in [0.25, 0.3) is 0 Å². The Morgan fingerprint density at radius 2 is 1.97 bits per heavy atom. The van der Waals surface area contributed by atoms with Gasteiger partial charge in [0.25, 0.3) is 11.8 Å². The van der Waals surface area contributed by atoms with Crippen molar-refractivity contribution in [3.8, 4) is 0 Å². The predicted molar refractivity (Wildman–Crippen MR) is 120 cm³/mol. The van der Waals surface area contributed by atoms with Crippen molar-refractivity contribution >= 4 is 51.6 Å². The lowest BCUT2D eigenvalue weighted by molar-refractivity contribution is -0.140. The maximum Gasteiger partial charge on any atom is 0.326 e. The van der Waals surface area contributed by atoms with Crippen LogP contribution in [0.1, 0.15) is 29.4 Å². The Morgan fingerprint density at radius 1 is 1.22 bits per heavy atom.